The van der Waals surface area contributed by atoms with E-state index in [1.807, 2.05) is 0 Å². The zero-order chi connectivity index (χ0) is 7.15. The smallest absolute Gasteiger partial charge is 0.672 e. The maximum absolute atomic E-state index is 8.52. The van der Waals surface area contributed by atoms with Crippen LogP contribution in [0.4, 0.5) is 0 Å². The van der Waals surface area contributed by atoms with Crippen molar-refractivity contribution in [1.82, 2.24) is 0 Å². The average Bonchev–Trinajstić information content (AvgIpc) is 1.25. The molecule has 0 aliphatic carbocycles. The fourth-order valence-corrected chi connectivity index (χ4v) is 0. The van der Waals surface area contributed by atoms with Crippen LogP contribution in [0.1, 0.15) is 0 Å². The SMILES string of the molecule is O=[Si]([O-])[O-].O=[Si]([O-])[O-].[Ba+2].[Mn+2]. The van der Waals surface area contributed by atoms with Gasteiger partial charge in [-0.1, -0.05) is 0 Å². The largest absolute Gasteiger partial charge is 2.00 e. The molecular formula is BaMnO6Si2. The summed E-state index contributed by atoms with van der Waals surface area (Å²) >= 11 is 0. The van der Waals surface area contributed by atoms with Gasteiger partial charge in [-0.05, 0) is 0 Å². The molecule has 0 N–H and O–H groups in total. The third kappa shape index (κ3) is 368. The number of hydrogen-bond donors (Lipinski definition) is 0. The van der Waals surface area contributed by atoms with Crippen molar-refractivity contribution in [2.24, 2.45) is 0 Å². The van der Waals surface area contributed by atoms with E-state index in [1.165, 1.54) is 0 Å². The first-order valence-electron chi connectivity index (χ1n) is 1.22. The van der Waals surface area contributed by atoms with Gasteiger partial charge >= 0.3 is 65.9 Å². The van der Waals surface area contributed by atoms with Gasteiger partial charge in [0, 0.05) is 18.3 Å². The van der Waals surface area contributed by atoms with Crippen molar-refractivity contribution < 1.29 is 45.2 Å². The Morgan fingerprint density at radius 1 is 0.800 bits per heavy atom. The Morgan fingerprint density at radius 3 is 0.800 bits per heavy atom. The first-order valence-corrected chi connectivity index (χ1v) is 3.67. The van der Waals surface area contributed by atoms with Gasteiger partial charge in [0.15, 0.2) is 0 Å². The second-order valence-corrected chi connectivity index (χ2v) is 1.50. The normalized spacial score (nSPS) is 4.80. The second kappa shape index (κ2) is 16.7. The topological polar surface area (TPSA) is 126 Å². The van der Waals surface area contributed by atoms with Crippen molar-refractivity contribution in [3.63, 3.8) is 0 Å². The molecule has 0 aromatic rings. The van der Waals surface area contributed by atoms with Gasteiger partial charge in [-0.25, -0.2) is 0 Å². The monoisotopic (exact) mass is 345 g/mol. The number of hydrogen-bond acceptors (Lipinski definition) is 6. The zero-order valence-electron chi connectivity index (χ0n) is 4.53. The van der Waals surface area contributed by atoms with Crippen LogP contribution in [0.2, 0.25) is 0 Å². The molecule has 0 atom stereocenters. The average molecular weight is 344 g/mol. The minimum atomic E-state index is -3.63. The summed E-state index contributed by atoms with van der Waals surface area (Å²) in [5, 5.41) is 0. The fraction of sp³-hybridized carbons (Fsp3) is 0. The molecule has 0 fully saturated rings. The molecule has 0 bridgehead atoms. The summed E-state index contributed by atoms with van der Waals surface area (Å²) in [4.78, 5) is 34.1. The summed E-state index contributed by atoms with van der Waals surface area (Å²) in [7, 11) is -7.26. The van der Waals surface area contributed by atoms with E-state index in [0.717, 1.165) is 0 Å². The molecule has 10 heavy (non-hydrogen) atoms. The van der Waals surface area contributed by atoms with Crippen molar-refractivity contribution in [2.45, 2.75) is 0 Å². The molecule has 1 radical (unpaired) electrons. The van der Waals surface area contributed by atoms with Gasteiger partial charge in [0.05, 0.1) is 0 Å². The Bertz CT molecular complexity index is 73.7. The van der Waals surface area contributed by atoms with E-state index in [0.29, 0.717) is 0 Å². The van der Waals surface area contributed by atoms with E-state index >= 15 is 0 Å². The summed E-state index contributed by atoms with van der Waals surface area (Å²) in [6.45, 7) is 0. The van der Waals surface area contributed by atoms with E-state index < -0.39 is 18.3 Å². The van der Waals surface area contributed by atoms with Gasteiger partial charge in [0.2, 0.25) is 0 Å². The molecule has 0 aliphatic heterocycles. The van der Waals surface area contributed by atoms with Crippen LogP contribution in [0, 0.1) is 0 Å². The van der Waals surface area contributed by atoms with Crippen molar-refractivity contribution >= 4 is 67.2 Å². The van der Waals surface area contributed by atoms with Gasteiger partial charge < -0.3 is 28.1 Å². The standard InChI is InChI=1S/Ba.Mn.2O3Si/c;;2*1-4(2)3/q2*+2;2*-2. The van der Waals surface area contributed by atoms with Crippen LogP contribution in [0.25, 0.3) is 0 Å². The molecule has 0 aliphatic rings. The molecule has 0 saturated carbocycles. The molecule has 53 valence electrons. The maximum Gasteiger partial charge on any atom is 2.00 e. The molecule has 0 saturated heterocycles. The molecular weight excluding hydrogens is 344 g/mol. The van der Waals surface area contributed by atoms with Gasteiger partial charge in [-0.3, -0.25) is 0 Å². The van der Waals surface area contributed by atoms with Crippen LogP contribution in [-0.2, 0) is 26.0 Å². The summed E-state index contributed by atoms with van der Waals surface area (Å²) in [5.74, 6) is 0. The van der Waals surface area contributed by atoms with Crippen LogP contribution in [0.3, 0.4) is 0 Å². The predicted molar refractivity (Wildman–Crippen MR) is 18.6 cm³/mol. The molecule has 0 aromatic heterocycles. The van der Waals surface area contributed by atoms with E-state index in [2.05, 4.69) is 0 Å². The molecule has 0 heterocycles. The maximum atomic E-state index is 8.52. The molecule has 0 unspecified atom stereocenters. The van der Waals surface area contributed by atoms with E-state index in [9.17, 15) is 0 Å². The molecule has 0 aromatic carbocycles. The van der Waals surface area contributed by atoms with E-state index in [1.54, 1.807) is 0 Å². The van der Waals surface area contributed by atoms with E-state index in [4.69, 9.17) is 28.1 Å². The number of rotatable bonds is 0. The van der Waals surface area contributed by atoms with Crippen LogP contribution >= 0.6 is 0 Å². The van der Waals surface area contributed by atoms with E-state index in [-0.39, 0.29) is 65.9 Å². The molecule has 6 nitrogen and oxygen atoms in total. The molecule has 0 rings (SSSR count). The summed E-state index contributed by atoms with van der Waals surface area (Å²) in [6.07, 6.45) is 0. The minimum Gasteiger partial charge on any atom is -0.672 e. The minimum absolute atomic E-state index is 0. The summed E-state index contributed by atoms with van der Waals surface area (Å²) in [5.41, 5.74) is 0. The van der Waals surface area contributed by atoms with Crippen LogP contribution in [-0.4, -0.2) is 67.2 Å². The summed E-state index contributed by atoms with van der Waals surface area (Å²) in [6, 6.07) is 0. The summed E-state index contributed by atoms with van der Waals surface area (Å²) < 4.78 is 17.0. The van der Waals surface area contributed by atoms with Crippen LogP contribution < -0.4 is 19.2 Å². The van der Waals surface area contributed by atoms with Gasteiger partial charge in [0.1, 0.15) is 0 Å². The van der Waals surface area contributed by atoms with Crippen molar-refractivity contribution in [3.05, 3.63) is 0 Å². The molecule has 0 amide bonds. The molecule has 10 heteroatoms. The zero-order valence-corrected chi connectivity index (χ0v) is 12.2. The third-order valence-corrected chi connectivity index (χ3v) is 0. The molecule has 0 spiro atoms. The third-order valence-electron chi connectivity index (χ3n) is 0. The van der Waals surface area contributed by atoms with Crippen molar-refractivity contribution in [1.29, 1.82) is 0 Å². The predicted octanol–water partition coefficient (Wildman–Crippen LogP) is -6.14. The van der Waals surface area contributed by atoms with Crippen molar-refractivity contribution in [3.8, 4) is 0 Å². The Morgan fingerprint density at radius 2 is 0.800 bits per heavy atom. The van der Waals surface area contributed by atoms with Crippen LogP contribution in [0.15, 0.2) is 0 Å². The van der Waals surface area contributed by atoms with Gasteiger partial charge in [-0.2, -0.15) is 0 Å². The van der Waals surface area contributed by atoms with Gasteiger partial charge in [0.25, 0.3) is 0 Å². The first kappa shape index (κ1) is 22.5. The Hall–Kier alpha value is 1.32. The fourth-order valence-electron chi connectivity index (χ4n) is 0. The van der Waals surface area contributed by atoms with Crippen molar-refractivity contribution in [2.75, 3.05) is 0 Å². The van der Waals surface area contributed by atoms with Crippen LogP contribution in [0.5, 0.6) is 0 Å². The Labute approximate surface area is 111 Å². The Balaban J connectivity index is -0.0000000300. The quantitative estimate of drug-likeness (QED) is 0.403. The second-order valence-electron chi connectivity index (χ2n) is 0.500. The first-order chi connectivity index (χ1) is 3.46. The Kier molecular flexibility index (Phi) is 37.7. The van der Waals surface area contributed by atoms with Gasteiger partial charge in [-0.15, -0.1) is 0 Å².